The number of rotatable bonds is 7. The molecule has 0 saturated carbocycles. The van der Waals surface area contributed by atoms with E-state index in [2.05, 4.69) is 0 Å². The van der Waals surface area contributed by atoms with Gasteiger partial charge in [-0.05, 0) is 86.1 Å². The van der Waals surface area contributed by atoms with Crippen molar-refractivity contribution in [2.45, 2.75) is 58.5 Å². The lowest BCUT2D eigenvalue weighted by molar-refractivity contribution is -0.136. The molecular weight excluding hydrogens is 405 g/mol. The Kier molecular flexibility index (Phi) is 6.77. The van der Waals surface area contributed by atoms with Crippen molar-refractivity contribution in [2.75, 3.05) is 6.61 Å². The number of hydrogen-bond donors (Lipinski definition) is 1. The second kappa shape index (κ2) is 9.16. The molecule has 2 aromatic rings. The molecule has 1 N–H and O–H groups in total. The van der Waals surface area contributed by atoms with E-state index in [9.17, 15) is 18.0 Å². The molecule has 0 saturated heterocycles. The summed E-state index contributed by atoms with van der Waals surface area (Å²) in [4.78, 5) is 10.8. The van der Waals surface area contributed by atoms with E-state index in [0.29, 0.717) is 29.7 Å². The molecule has 0 amide bonds. The van der Waals surface area contributed by atoms with E-state index >= 15 is 0 Å². The predicted molar refractivity (Wildman–Crippen MR) is 114 cm³/mol. The first-order valence-corrected chi connectivity index (χ1v) is 10.4. The molecule has 0 aliphatic heterocycles. The fourth-order valence-electron chi connectivity index (χ4n) is 4.09. The molecule has 1 aliphatic carbocycles. The fraction of sp³-hybridized carbons (Fsp3) is 0.400. The van der Waals surface area contributed by atoms with Gasteiger partial charge in [0.1, 0.15) is 29.7 Å². The lowest BCUT2D eigenvalue weighted by Crippen LogP contribution is -2.26. The first kappa shape index (κ1) is 22.9. The third-order valence-corrected chi connectivity index (χ3v) is 6.02. The number of ether oxygens (including phenoxy) is 1. The maximum absolute atomic E-state index is 14.8. The zero-order valence-electron chi connectivity index (χ0n) is 18.0. The summed E-state index contributed by atoms with van der Waals surface area (Å²) in [6.45, 7) is 5.43. The van der Waals surface area contributed by atoms with Gasteiger partial charge < -0.3 is 9.84 Å². The van der Waals surface area contributed by atoms with Crippen LogP contribution >= 0.6 is 0 Å². The van der Waals surface area contributed by atoms with Crippen molar-refractivity contribution in [2.24, 2.45) is 0 Å². The third-order valence-electron chi connectivity index (χ3n) is 6.02. The van der Waals surface area contributed by atoms with Crippen LogP contribution in [0, 0.1) is 25.5 Å². The van der Waals surface area contributed by atoms with Gasteiger partial charge in [0.05, 0.1) is 0 Å². The van der Waals surface area contributed by atoms with Crippen LogP contribution in [0.4, 0.5) is 13.2 Å². The first-order valence-electron chi connectivity index (χ1n) is 10.4. The van der Waals surface area contributed by atoms with Crippen molar-refractivity contribution < 1.29 is 27.8 Å². The SMILES string of the molecule is Cc1c(CCC(=O)O)ccc(OCC2=C(c3ccc(F)cc3F)CCC(C)(F)C2)c1C. The van der Waals surface area contributed by atoms with Crippen molar-refractivity contribution in [3.63, 3.8) is 0 Å². The summed E-state index contributed by atoms with van der Waals surface area (Å²) >= 11 is 0. The third kappa shape index (κ3) is 5.49. The number of allylic oxidation sites excluding steroid dienone is 1. The number of aliphatic carboxylic acids is 1. The molecule has 1 unspecified atom stereocenters. The first-order chi connectivity index (χ1) is 14.6. The molecule has 3 nitrogen and oxygen atoms in total. The van der Waals surface area contributed by atoms with Crippen LogP contribution in [0.25, 0.3) is 5.57 Å². The van der Waals surface area contributed by atoms with Gasteiger partial charge >= 0.3 is 5.97 Å². The van der Waals surface area contributed by atoms with Gasteiger partial charge in [-0.1, -0.05) is 6.07 Å². The van der Waals surface area contributed by atoms with Crippen molar-refractivity contribution in [1.82, 2.24) is 0 Å². The highest BCUT2D eigenvalue weighted by molar-refractivity contribution is 5.71. The van der Waals surface area contributed by atoms with Crippen molar-refractivity contribution >= 4 is 11.5 Å². The highest BCUT2D eigenvalue weighted by atomic mass is 19.1. The number of halogens is 3. The number of aryl methyl sites for hydroxylation is 1. The van der Waals surface area contributed by atoms with Gasteiger partial charge in [-0.25, -0.2) is 13.2 Å². The van der Waals surface area contributed by atoms with Gasteiger partial charge in [-0.2, -0.15) is 0 Å². The molecule has 2 aromatic carbocycles. The number of hydrogen-bond acceptors (Lipinski definition) is 2. The molecule has 3 rings (SSSR count). The molecule has 1 aliphatic rings. The maximum atomic E-state index is 14.8. The summed E-state index contributed by atoms with van der Waals surface area (Å²) in [5.41, 5.74) is 2.98. The zero-order valence-corrected chi connectivity index (χ0v) is 18.0. The Morgan fingerprint density at radius 2 is 1.90 bits per heavy atom. The van der Waals surface area contributed by atoms with Crippen LogP contribution in [0.1, 0.15) is 54.9 Å². The Morgan fingerprint density at radius 1 is 1.16 bits per heavy atom. The minimum atomic E-state index is -1.41. The topological polar surface area (TPSA) is 46.5 Å². The van der Waals surface area contributed by atoms with E-state index in [1.807, 2.05) is 19.9 Å². The van der Waals surface area contributed by atoms with Crippen LogP contribution in [0.15, 0.2) is 35.9 Å². The van der Waals surface area contributed by atoms with E-state index in [0.717, 1.165) is 22.8 Å². The van der Waals surface area contributed by atoms with Crippen LogP contribution < -0.4 is 4.74 Å². The van der Waals surface area contributed by atoms with Gasteiger partial charge in [-0.15, -0.1) is 0 Å². The lowest BCUT2D eigenvalue weighted by atomic mass is 9.80. The molecule has 0 aromatic heterocycles. The molecule has 1 atom stereocenters. The van der Waals surface area contributed by atoms with Gasteiger partial charge in [0.2, 0.25) is 0 Å². The molecule has 166 valence electrons. The van der Waals surface area contributed by atoms with Crippen molar-refractivity contribution in [3.8, 4) is 5.75 Å². The Balaban J connectivity index is 1.87. The molecule has 0 radical (unpaired) electrons. The summed E-state index contributed by atoms with van der Waals surface area (Å²) in [5, 5.41) is 8.91. The second-order valence-electron chi connectivity index (χ2n) is 8.45. The lowest BCUT2D eigenvalue weighted by Gasteiger charge is -2.30. The number of alkyl halides is 1. The van der Waals surface area contributed by atoms with Crippen LogP contribution in [-0.2, 0) is 11.2 Å². The highest BCUT2D eigenvalue weighted by Crippen LogP contribution is 2.41. The predicted octanol–water partition coefficient (Wildman–Crippen LogP) is 6.34. The highest BCUT2D eigenvalue weighted by Gasteiger charge is 2.32. The van der Waals surface area contributed by atoms with Gasteiger partial charge in [0.25, 0.3) is 0 Å². The standard InChI is InChI=1S/C25H27F3O3/c1-15-16(2)23(8-4-17(15)5-9-24(29)30)31-14-18-13-25(3,28)11-10-20(18)21-7-6-19(26)12-22(21)27/h4,6-8,12H,5,9-11,13-14H2,1-3H3,(H,29,30). The molecule has 0 heterocycles. The molecule has 31 heavy (non-hydrogen) atoms. The summed E-state index contributed by atoms with van der Waals surface area (Å²) in [5.74, 6) is -1.55. The summed E-state index contributed by atoms with van der Waals surface area (Å²) in [6.07, 6.45) is 1.21. The van der Waals surface area contributed by atoms with E-state index in [4.69, 9.17) is 9.84 Å². The van der Waals surface area contributed by atoms with E-state index in [-0.39, 0.29) is 31.4 Å². The fourth-order valence-corrected chi connectivity index (χ4v) is 4.09. The largest absolute Gasteiger partial charge is 0.489 e. The normalized spacial score (nSPS) is 18.9. The van der Waals surface area contributed by atoms with Crippen LogP contribution in [-0.4, -0.2) is 23.4 Å². The molecule has 0 bridgehead atoms. The van der Waals surface area contributed by atoms with Crippen LogP contribution in [0.3, 0.4) is 0 Å². The minimum absolute atomic E-state index is 0.0506. The van der Waals surface area contributed by atoms with Crippen LogP contribution in [0.5, 0.6) is 5.75 Å². The summed E-state index contributed by atoms with van der Waals surface area (Å²) in [7, 11) is 0. The average Bonchev–Trinajstić information content (AvgIpc) is 2.68. The van der Waals surface area contributed by atoms with Crippen molar-refractivity contribution in [3.05, 3.63) is 69.8 Å². The Bertz CT molecular complexity index is 1020. The average molecular weight is 432 g/mol. The Labute approximate surface area is 180 Å². The molecule has 6 heteroatoms. The van der Waals surface area contributed by atoms with E-state index in [1.165, 1.54) is 19.1 Å². The Morgan fingerprint density at radius 3 is 2.58 bits per heavy atom. The van der Waals surface area contributed by atoms with E-state index in [1.54, 1.807) is 6.07 Å². The van der Waals surface area contributed by atoms with Gasteiger partial charge in [0.15, 0.2) is 0 Å². The summed E-state index contributed by atoms with van der Waals surface area (Å²) < 4.78 is 48.5. The van der Waals surface area contributed by atoms with Crippen molar-refractivity contribution in [1.29, 1.82) is 0 Å². The molecule has 0 fully saturated rings. The van der Waals surface area contributed by atoms with Gasteiger partial charge in [0, 0.05) is 24.5 Å². The molecule has 0 spiro atoms. The van der Waals surface area contributed by atoms with Crippen LogP contribution in [0.2, 0.25) is 0 Å². The maximum Gasteiger partial charge on any atom is 0.303 e. The summed E-state index contributed by atoms with van der Waals surface area (Å²) in [6, 6.07) is 7.07. The number of carboxylic acid groups (broad SMARTS) is 1. The quantitative estimate of drug-likeness (QED) is 0.555. The zero-order chi connectivity index (χ0) is 22.8. The second-order valence-corrected chi connectivity index (χ2v) is 8.45. The number of carboxylic acids is 1. The van der Waals surface area contributed by atoms with E-state index < -0.39 is 23.3 Å². The number of carbonyl (C=O) groups is 1. The Hall–Kier alpha value is -2.76. The number of benzene rings is 2. The smallest absolute Gasteiger partial charge is 0.303 e. The minimum Gasteiger partial charge on any atom is -0.489 e. The monoisotopic (exact) mass is 432 g/mol. The molecular formula is C25H27F3O3. The van der Waals surface area contributed by atoms with Gasteiger partial charge in [-0.3, -0.25) is 4.79 Å².